The lowest BCUT2D eigenvalue weighted by molar-refractivity contribution is 0.0135. The Morgan fingerprint density at radius 1 is 1.31 bits per heavy atom. The van der Waals surface area contributed by atoms with Crippen LogP contribution in [0.5, 0.6) is 5.75 Å². The van der Waals surface area contributed by atoms with Crippen molar-refractivity contribution < 1.29 is 17.9 Å². The highest BCUT2D eigenvalue weighted by Crippen LogP contribution is 2.47. The normalized spacial score (nSPS) is 26.7. The van der Waals surface area contributed by atoms with Gasteiger partial charge in [0.25, 0.3) is 0 Å². The van der Waals surface area contributed by atoms with Crippen LogP contribution >= 0.6 is 11.6 Å². The molecule has 188 valence electrons. The number of benzene rings is 2. The smallest absolute Gasteiger partial charge is 0.238 e. The van der Waals surface area contributed by atoms with Crippen LogP contribution in [0.4, 0.5) is 5.69 Å². The molecule has 0 aromatic heterocycles. The highest BCUT2D eigenvalue weighted by molar-refractivity contribution is 7.89. The zero-order valence-electron chi connectivity index (χ0n) is 20.1. The Kier molecular flexibility index (Phi) is 6.64. The van der Waals surface area contributed by atoms with Crippen LogP contribution < -0.4 is 14.8 Å². The molecule has 2 aromatic carbocycles. The largest absolute Gasteiger partial charge is 0.490 e. The van der Waals surface area contributed by atoms with E-state index in [-0.39, 0.29) is 16.4 Å². The molecule has 1 spiro atoms. The second kappa shape index (κ2) is 9.43. The second-order valence-electron chi connectivity index (χ2n) is 10.2. The fraction of sp³-hybridized carbons (Fsp3) is 0.481. The summed E-state index contributed by atoms with van der Waals surface area (Å²) in [5.41, 5.74) is 3.13. The van der Waals surface area contributed by atoms with E-state index < -0.39 is 10.0 Å². The standard InChI is InChI=1S/C27H33ClN2O4S/c1-3-25(33-2)22-9-6-19(22)15-30-16-27(12-4-5-18-13-20(28)7-10-23(18)27)17-34-26-11-8-21(14-24(26)30)35(29,31)32/h3,7-8,10-11,13-14,19,22,25H,1,4-6,9,12,15-17H2,2H3,(H2,29,31,32)/t19-,22+,25?,27-/m0/s1. The molecule has 2 aromatic rings. The number of sulfonamides is 1. The van der Waals surface area contributed by atoms with Gasteiger partial charge in [-0.3, -0.25) is 0 Å². The maximum absolute atomic E-state index is 12.2. The Balaban J connectivity index is 1.56. The molecule has 6 nitrogen and oxygen atoms in total. The molecular weight excluding hydrogens is 484 g/mol. The molecule has 2 aliphatic carbocycles. The summed E-state index contributed by atoms with van der Waals surface area (Å²) >= 11 is 6.34. The molecule has 0 bridgehead atoms. The van der Waals surface area contributed by atoms with E-state index in [4.69, 9.17) is 26.2 Å². The van der Waals surface area contributed by atoms with Crippen molar-refractivity contribution in [1.29, 1.82) is 0 Å². The maximum atomic E-state index is 12.2. The summed E-state index contributed by atoms with van der Waals surface area (Å²) in [5.74, 6) is 1.49. The number of nitrogens with two attached hydrogens (primary N) is 1. The number of halogens is 1. The van der Waals surface area contributed by atoms with Gasteiger partial charge >= 0.3 is 0 Å². The monoisotopic (exact) mass is 516 g/mol. The van der Waals surface area contributed by atoms with Gasteiger partial charge < -0.3 is 14.4 Å². The average Bonchev–Trinajstić information content (AvgIpc) is 2.96. The molecule has 0 saturated heterocycles. The molecule has 3 aliphatic rings. The minimum absolute atomic E-state index is 0.0127. The summed E-state index contributed by atoms with van der Waals surface area (Å²) in [4.78, 5) is 2.43. The molecule has 1 aliphatic heterocycles. The fourth-order valence-corrected chi connectivity index (χ4v) is 6.98. The maximum Gasteiger partial charge on any atom is 0.238 e. The number of hydrogen-bond donors (Lipinski definition) is 1. The Morgan fingerprint density at radius 3 is 2.83 bits per heavy atom. The Bertz CT molecular complexity index is 1230. The Morgan fingerprint density at radius 2 is 2.14 bits per heavy atom. The molecular formula is C27H33ClN2O4S. The minimum atomic E-state index is -3.84. The third-order valence-corrected chi connectivity index (χ3v) is 9.34. The van der Waals surface area contributed by atoms with Gasteiger partial charge in [-0.25, -0.2) is 13.6 Å². The summed E-state index contributed by atoms with van der Waals surface area (Å²) in [7, 11) is -2.11. The van der Waals surface area contributed by atoms with E-state index in [2.05, 4.69) is 23.6 Å². The van der Waals surface area contributed by atoms with Crippen LogP contribution in [-0.4, -0.2) is 41.3 Å². The Hall–Kier alpha value is -2.06. The SMILES string of the molecule is C=CC(OC)[C@@H]1CC[C@H]1CN1C[C@@]2(CCCc3cc(Cl)ccc32)COc2ccc(S(N)(=O)=O)cc21. The molecule has 0 radical (unpaired) electrons. The third kappa shape index (κ3) is 4.59. The van der Waals surface area contributed by atoms with Crippen LogP contribution in [0.1, 0.15) is 36.8 Å². The summed E-state index contributed by atoms with van der Waals surface area (Å²) in [6.07, 6.45) is 7.14. The van der Waals surface area contributed by atoms with Crippen molar-refractivity contribution in [3.05, 3.63) is 65.2 Å². The molecule has 1 saturated carbocycles. The van der Waals surface area contributed by atoms with E-state index in [0.29, 0.717) is 24.2 Å². The molecule has 4 atom stereocenters. The van der Waals surface area contributed by atoms with E-state index in [1.807, 2.05) is 12.1 Å². The third-order valence-electron chi connectivity index (χ3n) is 8.19. The number of hydrogen-bond acceptors (Lipinski definition) is 5. The van der Waals surface area contributed by atoms with Gasteiger partial charge in [-0.15, -0.1) is 6.58 Å². The van der Waals surface area contributed by atoms with E-state index in [1.54, 1.807) is 19.2 Å². The topological polar surface area (TPSA) is 81.9 Å². The van der Waals surface area contributed by atoms with Gasteiger partial charge in [0.2, 0.25) is 10.0 Å². The first-order chi connectivity index (χ1) is 16.7. The van der Waals surface area contributed by atoms with E-state index in [9.17, 15) is 8.42 Å². The van der Waals surface area contributed by atoms with E-state index >= 15 is 0 Å². The summed E-state index contributed by atoms with van der Waals surface area (Å²) < 4.78 is 36.5. The number of primary sulfonamides is 1. The zero-order chi connectivity index (χ0) is 24.8. The lowest BCUT2D eigenvalue weighted by Gasteiger charge is -2.46. The first-order valence-corrected chi connectivity index (χ1v) is 14.2. The van der Waals surface area contributed by atoms with Gasteiger partial charge in [-0.1, -0.05) is 23.7 Å². The highest BCUT2D eigenvalue weighted by atomic mass is 35.5. The average molecular weight is 517 g/mol. The van der Waals surface area contributed by atoms with Crippen molar-refractivity contribution in [2.24, 2.45) is 17.0 Å². The molecule has 1 unspecified atom stereocenters. The predicted molar refractivity (Wildman–Crippen MR) is 139 cm³/mol. The van der Waals surface area contributed by atoms with Crippen molar-refractivity contribution in [2.75, 3.05) is 31.7 Å². The summed E-state index contributed by atoms with van der Waals surface area (Å²) in [6.45, 7) is 6.00. The lowest BCUT2D eigenvalue weighted by Crippen LogP contribution is -2.49. The van der Waals surface area contributed by atoms with Gasteiger partial charge in [0.05, 0.1) is 23.3 Å². The van der Waals surface area contributed by atoms with Crippen molar-refractivity contribution in [1.82, 2.24) is 0 Å². The van der Waals surface area contributed by atoms with Crippen molar-refractivity contribution >= 4 is 27.3 Å². The van der Waals surface area contributed by atoms with Crippen molar-refractivity contribution in [3.63, 3.8) is 0 Å². The van der Waals surface area contributed by atoms with Crippen molar-refractivity contribution in [2.45, 2.75) is 48.5 Å². The number of fused-ring (bicyclic) bond motifs is 3. The number of nitrogens with zero attached hydrogens (tertiary/aromatic N) is 1. The molecule has 1 fully saturated rings. The highest BCUT2D eigenvalue weighted by Gasteiger charge is 2.44. The lowest BCUT2D eigenvalue weighted by atomic mass is 9.68. The Labute approximate surface area is 213 Å². The summed E-state index contributed by atoms with van der Waals surface area (Å²) in [5, 5.41) is 6.25. The molecule has 8 heteroatoms. The molecule has 2 N–H and O–H groups in total. The van der Waals surface area contributed by atoms with Crippen LogP contribution in [0.2, 0.25) is 5.02 Å². The second-order valence-corrected chi connectivity index (χ2v) is 12.2. The first-order valence-electron chi connectivity index (χ1n) is 12.2. The van der Waals surface area contributed by atoms with E-state index in [1.165, 1.54) is 17.2 Å². The van der Waals surface area contributed by atoms with Crippen LogP contribution in [0, 0.1) is 11.8 Å². The van der Waals surface area contributed by atoms with Gasteiger partial charge in [0, 0.05) is 30.6 Å². The number of anilines is 1. The van der Waals surface area contributed by atoms with Gasteiger partial charge in [0.15, 0.2) is 0 Å². The fourth-order valence-electron chi connectivity index (χ4n) is 6.25. The number of methoxy groups -OCH3 is 1. The van der Waals surface area contributed by atoms with Gasteiger partial charge in [0.1, 0.15) is 5.75 Å². The van der Waals surface area contributed by atoms with Crippen LogP contribution in [0.3, 0.4) is 0 Å². The molecule has 5 rings (SSSR count). The number of rotatable bonds is 6. The first kappa shape index (κ1) is 24.6. The van der Waals surface area contributed by atoms with Gasteiger partial charge in [-0.2, -0.15) is 0 Å². The van der Waals surface area contributed by atoms with Crippen LogP contribution in [0.25, 0.3) is 0 Å². The van der Waals surface area contributed by atoms with E-state index in [0.717, 1.165) is 55.9 Å². The predicted octanol–water partition coefficient (Wildman–Crippen LogP) is 4.69. The van der Waals surface area contributed by atoms with Crippen LogP contribution in [-0.2, 0) is 26.6 Å². The summed E-state index contributed by atoms with van der Waals surface area (Å²) in [6, 6.07) is 11.1. The van der Waals surface area contributed by atoms with Crippen molar-refractivity contribution in [3.8, 4) is 5.75 Å². The quantitative estimate of drug-likeness (QED) is 0.563. The molecule has 1 heterocycles. The number of ether oxygens (including phenoxy) is 2. The van der Waals surface area contributed by atoms with Gasteiger partial charge in [-0.05, 0) is 85.4 Å². The van der Waals surface area contributed by atoms with Crippen LogP contribution in [0.15, 0.2) is 53.9 Å². The molecule has 0 amide bonds. The zero-order valence-corrected chi connectivity index (χ0v) is 21.7. The number of aryl methyl sites for hydroxylation is 1. The minimum Gasteiger partial charge on any atom is -0.490 e. The molecule has 35 heavy (non-hydrogen) atoms.